The van der Waals surface area contributed by atoms with E-state index in [9.17, 15) is 30.8 Å². The van der Waals surface area contributed by atoms with E-state index in [1.165, 1.54) is 30.0 Å². The molecule has 1 heterocycles. The Balaban J connectivity index is 1.49. The van der Waals surface area contributed by atoms with Crippen molar-refractivity contribution in [3.05, 3.63) is 89.2 Å². The third-order valence-electron chi connectivity index (χ3n) is 5.93. The van der Waals surface area contributed by atoms with E-state index in [0.717, 1.165) is 30.3 Å². The molecular formula is C25H23F4N3O3S. The van der Waals surface area contributed by atoms with Gasteiger partial charge in [0.25, 0.3) is 15.9 Å². The first-order valence-corrected chi connectivity index (χ1v) is 12.5. The molecular weight excluding hydrogens is 498 g/mol. The summed E-state index contributed by atoms with van der Waals surface area (Å²) in [6, 6.07) is 14.5. The lowest BCUT2D eigenvalue weighted by Gasteiger charge is -2.36. The van der Waals surface area contributed by atoms with Gasteiger partial charge < -0.3 is 9.80 Å². The van der Waals surface area contributed by atoms with Crippen molar-refractivity contribution in [3.8, 4) is 0 Å². The van der Waals surface area contributed by atoms with E-state index in [-0.39, 0.29) is 34.8 Å². The maximum atomic E-state index is 13.4. The van der Waals surface area contributed by atoms with Crippen LogP contribution in [0, 0.1) is 12.7 Å². The maximum absolute atomic E-state index is 13.4. The first-order valence-electron chi connectivity index (χ1n) is 11.1. The number of hydrogen-bond donors (Lipinski definition) is 1. The zero-order chi connectivity index (χ0) is 26.1. The molecule has 0 aromatic heterocycles. The highest BCUT2D eigenvalue weighted by atomic mass is 32.2. The molecule has 1 amide bonds. The van der Waals surface area contributed by atoms with E-state index in [1.54, 1.807) is 23.1 Å². The van der Waals surface area contributed by atoms with Crippen LogP contribution in [0.25, 0.3) is 0 Å². The molecule has 0 bridgehead atoms. The smallest absolute Gasteiger partial charge is 0.368 e. The standard InChI is InChI=1S/C25H23F4N3O3S/c1-17-15-19(26)9-10-23(17)36(34,35)30-22-8-3-2-7-21(22)24(33)32-13-11-31(12-14-32)20-6-4-5-18(16-20)25(27,28)29/h2-10,15-16,30H,11-14H2,1H3. The van der Waals surface area contributed by atoms with Gasteiger partial charge in [-0.2, -0.15) is 13.2 Å². The Labute approximate surface area is 206 Å². The maximum Gasteiger partial charge on any atom is 0.416 e. The Morgan fingerprint density at radius 3 is 2.28 bits per heavy atom. The van der Waals surface area contributed by atoms with Gasteiger partial charge in [0.15, 0.2) is 0 Å². The molecule has 1 aliphatic rings. The first kappa shape index (κ1) is 25.5. The van der Waals surface area contributed by atoms with Crippen molar-refractivity contribution in [1.29, 1.82) is 0 Å². The third kappa shape index (κ3) is 5.46. The van der Waals surface area contributed by atoms with E-state index >= 15 is 0 Å². The molecule has 190 valence electrons. The number of amides is 1. The highest BCUT2D eigenvalue weighted by Crippen LogP contribution is 2.32. The van der Waals surface area contributed by atoms with Gasteiger partial charge in [-0.3, -0.25) is 9.52 Å². The number of sulfonamides is 1. The number of hydrogen-bond acceptors (Lipinski definition) is 4. The number of para-hydroxylation sites is 1. The summed E-state index contributed by atoms with van der Waals surface area (Å²) >= 11 is 0. The van der Waals surface area contributed by atoms with Gasteiger partial charge in [0.1, 0.15) is 5.82 Å². The van der Waals surface area contributed by atoms with Gasteiger partial charge in [-0.05, 0) is 61.0 Å². The largest absolute Gasteiger partial charge is 0.416 e. The second-order valence-electron chi connectivity index (χ2n) is 8.39. The van der Waals surface area contributed by atoms with Gasteiger partial charge in [-0.1, -0.05) is 18.2 Å². The van der Waals surface area contributed by atoms with Gasteiger partial charge in [-0.15, -0.1) is 0 Å². The Morgan fingerprint density at radius 1 is 0.917 bits per heavy atom. The van der Waals surface area contributed by atoms with E-state index < -0.39 is 33.5 Å². The number of carbonyl (C=O) groups is 1. The lowest BCUT2D eigenvalue weighted by molar-refractivity contribution is -0.137. The molecule has 11 heteroatoms. The second kappa shape index (κ2) is 9.81. The molecule has 1 aliphatic heterocycles. The fourth-order valence-electron chi connectivity index (χ4n) is 4.09. The minimum absolute atomic E-state index is 0.0755. The van der Waals surface area contributed by atoms with E-state index in [2.05, 4.69) is 4.72 Å². The number of carbonyl (C=O) groups excluding carboxylic acids is 1. The van der Waals surface area contributed by atoms with Crippen molar-refractivity contribution in [2.75, 3.05) is 35.8 Å². The van der Waals surface area contributed by atoms with Crippen molar-refractivity contribution in [1.82, 2.24) is 4.90 Å². The zero-order valence-electron chi connectivity index (χ0n) is 19.2. The number of halogens is 4. The minimum atomic E-state index is -4.45. The summed E-state index contributed by atoms with van der Waals surface area (Å²) in [6.07, 6.45) is -4.45. The zero-order valence-corrected chi connectivity index (χ0v) is 20.0. The molecule has 0 radical (unpaired) electrons. The van der Waals surface area contributed by atoms with Crippen LogP contribution >= 0.6 is 0 Å². The van der Waals surface area contributed by atoms with Crippen LogP contribution in [-0.4, -0.2) is 45.4 Å². The molecule has 1 saturated heterocycles. The van der Waals surface area contributed by atoms with Crippen molar-refractivity contribution in [2.24, 2.45) is 0 Å². The predicted molar refractivity (Wildman–Crippen MR) is 128 cm³/mol. The monoisotopic (exact) mass is 521 g/mol. The predicted octanol–water partition coefficient (Wildman–Crippen LogP) is 4.92. The van der Waals surface area contributed by atoms with Gasteiger partial charge in [0.05, 0.1) is 21.7 Å². The fraction of sp³-hybridized carbons (Fsp3) is 0.240. The van der Waals surface area contributed by atoms with Crippen LogP contribution in [0.2, 0.25) is 0 Å². The Morgan fingerprint density at radius 2 is 1.61 bits per heavy atom. The molecule has 0 atom stereocenters. The molecule has 3 aromatic rings. The molecule has 0 aliphatic carbocycles. The average molecular weight is 522 g/mol. The van der Waals surface area contributed by atoms with Gasteiger partial charge in [0, 0.05) is 31.9 Å². The van der Waals surface area contributed by atoms with Crippen LogP contribution in [0.1, 0.15) is 21.5 Å². The number of benzene rings is 3. The number of aryl methyl sites for hydroxylation is 1. The summed E-state index contributed by atoms with van der Waals surface area (Å²) in [5.41, 5.74) is 0.104. The minimum Gasteiger partial charge on any atom is -0.368 e. The second-order valence-corrected chi connectivity index (χ2v) is 10.0. The van der Waals surface area contributed by atoms with Crippen LogP contribution in [0.3, 0.4) is 0 Å². The summed E-state index contributed by atoms with van der Waals surface area (Å²) in [5, 5.41) is 0. The number of rotatable bonds is 5. The van der Waals surface area contributed by atoms with Crippen LogP contribution < -0.4 is 9.62 Å². The van der Waals surface area contributed by atoms with Crippen LogP contribution in [0.4, 0.5) is 28.9 Å². The van der Waals surface area contributed by atoms with E-state index in [1.807, 2.05) is 0 Å². The highest BCUT2D eigenvalue weighted by molar-refractivity contribution is 7.92. The van der Waals surface area contributed by atoms with Gasteiger partial charge in [0.2, 0.25) is 0 Å². The number of alkyl halides is 3. The molecule has 0 saturated carbocycles. The molecule has 36 heavy (non-hydrogen) atoms. The molecule has 4 rings (SSSR count). The SMILES string of the molecule is Cc1cc(F)ccc1S(=O)(=O)Nc1ccccc1C(=O)N1CCN(c2cccc(C(F)(F)F)c2)CC1. The third-order valence-corrected chi connectivity index (χ3v) is 7.46. The van der Waals surface area contributed by atoms with Crippen LogP contribution in [-0.2, 0) is 16.2 Å². The molecule has 1 fully saturated rings. The van der Waals surface area contributed by atoms with Crippen molar-refractivity contribution < 1.29 is 30.8 Å². The lowest BCUT2D eigenvalue weighted by Crippen LogP contribution is -2.49. The lowest BCUT2D eigenvalue weighted by atomic mass is 10.1. The van der Waals surface area contributed by atoms with Gasteiger partial charge >= 0.3 is 6.18 Å². The highest BCUT2D eigenvalue weighted by Gasteiger charge is 2.31. The van der Waals surface area contributed by atoms with E-state index in [0.29, 0.717) is 18.8 Å². The molecule has 0 spiro atoms. The normalized spacial score (nSPS) is 14.6. The fourth-order valence-corrected chi connectivity index (χ4v) is 5.40. The van der Waals surface area contributed by atoms with Crippen molar-refractivity contribution >= 4 is 27.3 Å². The number of nitrogens with zero attached hydrogens (tertiary/aromatic N) is 2. The Kier molecular flexibility index (Phi) is 6.94. The molecule has 0 unspecified atom stereocenters. The summed E-state index contributed by atoms with van der Waals surface area (Å²) in [4.78, 5) is 16.4. The number of piperazine rings is 1. The van der Waals surface area contributed by atoms with Crippen LogP contribution in [0.15, 0.2) is 71.6 Å². The molecule has 1 N–H and O–H groups in total. The van der Waals surface area contributed by atoms with Crippen LogP contribution in [0.5, 0.6) is 0 Å². The van der Waals surface area contributed by atoms with Crippen molar-refractivity contribution in [2.45, 2.75) is 18.0 Å². The summed E-state index contributed by atoms with van der Waals surface area (Å²) < 4.78 is 80.9. The Hall–Kier alpha value is -3.60. The van der Waals surface area contributed by atoms with Crippen molar-refractivity contribution in [3.63, 3.8) is 0 Å². The van der Waals surface area contributed by atoms with Gasteiger partial charge in [-0.25, -0.2) is 12.8 Å². The molecule has 3 aromatic carbocycles. The number of anilines is 2. The summed E-state index contributed by atoms with van der Waals surface area (Å²) in [6.45, 7) is 2.59. The summed E-state index contributed by atoms with van der Waals surface area (Å²) in [5.74, 6) is -0.973. The first-order chi connectivity index (χ1) is 17.0. The van der Waals surface area contributed by atoms with E-state index in [4.69, 9.17) is 0 Å². The molecule has 6 nitrogen and oxygen atoms in total. The summed E-state index contributed by atoms with van der Waals surface area (Å²) in [7, 11) is -4.10. The quantitative estimate of drug-likeness (QED) is 0.484. The Bertz CT molecular complexity index is 1390. The average Bonchev–Trinajstić information content (AvgIpc) is 2.83. The topological polar surface area (TPSA) is 69.7 Å². The number of nitrogens with one attached hydrogen (secondary N) is 1.